The van der Waals surface area contributed by atoms with Gasteiger partial charge >= 0.3 is 6.03 Å². The second kappa shape index (κ2) is 13.6. The lowest BCUT2D eigenvalue weighted by molar-refractivity contribution is -0.143. The molecule has 3 fully saturated rings. The minimum absolute atomic E-state index is 0.0265. The monoisotopic (exact) mass is 634 g/mol. The number of aliphatic hydroxyl groups excluding tert-OH is 1. The average molecular weight is 635 g/mol. The summed E-state index contributed by atoms with van der Waals surface area (Å²) < 4.78 is 0. The first-order chi connectivity index (χ1) is 20.6. The number of Topliss-reactive ketones (excluding diaryl/α,β-unsaturated/α-hetero) is 1. The first kappa shape index (κ1) is 36.7. The van der Waals surface area contributed by atoms with Crippen LogP contribution in [0.4, 0.5) is 4.79 Å². The van der Waals surface area contributed by atoms with Crippen molar-refractivity contribution in [1.29, 1.82) is 0 Å². The number of fused-ring (bicyclic) bond motifs is 1. The molecule has 3 aliphatic rings. The molecule has 45 heavy (non-hydrogen) atoms. The standard InChI is InChI=1S/C33H58N6O6/c1-11-33(10)19-16-39(22(21(19)33)27(42)36-20(23(40)26(34)41)15-18-13-12-14-18)29(44)25(32(7,8)9)38-30(45)37-24(31(4,5)6)28(43)35-17(2)3/h17-22,24-25,27,36,42H,11-16H2,1-10H3,(H2,34,41)(H,35,43)(H2,37,38,45)/t19-,20?,21-,22-,24+,25+,27?,33?/m0/s1. The summed E-state index contributed by atoms with van der Waals surface area (Å²) >= 11 is 0. The minimum Gasteiger partial charge on any atom is -0.376 e. The Hall–Kier alpha value is -2.73. The van der Waals surface area contributed by atoms with E-state index >= 15 is 0 Å². The molecule has 8 atom stereocenters. The number of urea groups is 1. The molecule has 12 nitrogen and oxygen atoms in total. The van der Waals surface area contributed by atoms with Crippen molar-refractivity contribution in [2.75, 3.05) is 6.54 Å². The number of carbonyl (C=O) groups excluding carboxylic acids is 5. The molecule has 1 aliphatic heterocycles. The summed E-state index contributed by atoms with van der Waals surface area (Å²) in [5, 5.41) is 23.1. The zero-order valence-corrected chi connectivity index (χ0v) is 29.0. The second-order valence-corrected chi connectivity index (χ2v) is 16.3. The number of hydrogen-bond donors (Lipinski definition) is 6. The summed E-state index contributed by atoms with van der Waals surface area (Å²) in [7, 11) is 0. The van der Waals surface area contributed by atoms with Crippen LogP contribution in [0.5, 0.6) is 0 Å². The fourth-order valence-corrected chi connectivity index (χ4v) is 7.23. The van der Waals surface area contributed by atoms with Gasteiger partial charge in [-0.1, -0.05) is 81.1 Å². The molecule has 256 valence electrons. The fourth-order valence-electron chi connectivity index (χ4n) is 7.23. The number of primary amides is 1. The lowest BCUT2D eigenvalue weighted by Gasteiger charge is -2.41. The Morgan fingerprint density at radius 1 is 0.956 bits per heavy atom. The van der Waals surface area contributed by atoms with Crippen molar-refractivity contribution in [2.24, 2.45) is 39.7 Å². The Morgan fingerprint density at radius 3 is 1.96 bits per heavy atom. The molecule has 3 unspecified atom stereocenters. The van der Waals surface area contributed by atoms with Gasteiger partial charge in [0.05, 0.1) is 12.1 Å². The van der Waals surface area contributed by atoms with E-state index in [2.05, 4.69) is 35.1 Å². The van der Waals surface area contributed by atoms with Crippen LogP contribution >= 0.6 is 0 Å². The first-order valence-electron chi connectivity index (χ1n) is 16.6. The number of likely N-dealkylation sites (tertiary alicyclic amines) is 1. The number of ketones is 1. The van der Waals surface area contributed by atoms with E-state index in [1.807, 2.05) is 55.4 Å². The molecule has 0 aromatic heterocycles. The van der Waals surface area contributed by atoms with Gasteiger partial charge in [0.2, 0.25) is 17.6 Å². The maximum atomic E-state index is 14.4. The summed E-state index contributed by atoms with van der Waals surface area (Å²) in [5.74, 6) is -2.12. The van der Waals surface area contributed by atoms with Crippen LogP contribution in [0.25, 0.3) is 0 Å². The van der Waals surface area contributed by atoms with Crippen molar-refractivity contribution in [1.82, 2.24) is 26.2 Å². The summed E-state index contributed by atoms with van der Waals surface area (Å²) in [6, 6.07) is -4.22. The molecule has 1 heterocycles. The third-order valence-corrected chi connectivity index (χ3v) is 10.4. The molecule has 0 aromatic carbocycles. The van der Waals surface area contributed by atoms with Crippen LogP contribution in [0, 0.1) is 34.0 Å². The number of nitrogens with one attached hydrogen (secondary N) is 4. The number of piperidine rings is 1. The largest absolute Gasteiger partial charge is 0.376 e. The summed E-state index contributed by atoms with van der Waals surface area (Å²) in [4.78, 5) is 67.0. The molecule has 0 aromatic rings. The molecule has 7 N–H and O–H groups in total. The summed E-state index contributed by atoms with van der Waals surface area (Å²) in [5.41, 5.74) is 3.96. The highest BCUT2D eigenvalue weighted by molar-refractivity contribution is 6.37. The normalized spacial score (nSPS) is 27.5. The van der Waals surface area contributed by atoms with Gasteiger partial charge in [-0.2, -0.15) is 0 Å². The molecule has 5 amide bonds. The highest BCUT2D eigenvalue weighted by Crippen LogP contribution is 2.67. The van der Waals surface area contributed by atoms with Gasteiger partial charge in [-0.25, -0.2) is 4.79 Å². The van der Waals surface area contributed by atoms with E-state index in [9.17, 15) is 29.1 Å². The predicted molar refractivity (Wildman–Crippen MR) is 171 cm³/mol. The third-order valence-electron chi connectivity index (χ3n) is 10.4. The van der Waals surface area contributed by atoms with Crippen molar-refractivity contribution in [2.45, 2.75) is 138 Å². The van der Waals surface area contributed by atoms with E-state index in [1.54, 1.807) is 4.90 Å². The van der Waals surface area contributed by atoms with Crippen LogP contribution in [0.15, 0.2) is 0 Å². The van der Waals surface area contributed by atoms with Gasteiger partial charge in [-0.05, 0) is 54.3 Å². The molecule has 12 heteroatoms. The molecule has 1 saturated heterocycles. The lowest BCUT2D eigenvalue weighted by Crippen LogP contribution is -2.64. The average Bonchev–Trinajstić information content (AvgIpc) is 3.23. The summed E-state index contributed by atoms with van der Waals surface area (Å²) in [6.45, 7) is 19.4. The number of carbonyl (C=O) groups is 5. The van der Waals surface area contributed by atoms with Gasteiger partial charge in [0.1, 0.15) is 18.3 Å². The first-order valence-corrected chi connectivity index (χ1v) is 16.6. The number of nitrogens with two attached hydrogens (primary N) is 1. The van der Waals surface area contributed by atoms with Gasteiger partial charge in [0.25, 0.3) is 5.91 Å². The van der Waals surface area contributed by atoms with E-state index in [0.29, 0.717) is 13.0 Å². The Labute approximate surface area is 268 Å². The molecule has 3 rings (SSSR count). The minimum atomic E-state index is -1.29. The van der Waals surface area contributed by atoms with Crippen LogP contribution in [0.1, 0.15) is 101 Å². The van der Waals surface area contributed by atoms with Crippen molar-refractivity contribution in [3.05, 3.63) is 0 Å². The maximum Gasteiger partial charge on any atom is 0.316 e. The van der Waals surface area contributed by atoms with Gasteiger partial charge in [-0.15, -0.1) is 0 Å². The Bertz CT molecular complexity index is 1140. The van der Waals surface area contributed by atoms with Crippen LogP contribution < -0.4 is 27.0 Å². The SMILES string of the molecule is CCC1(C)[C@@H]2[C@@H](C(O)NC(CC3CCC3)C(=O)C(N)=O)N(C(=O)[C@@H](NC(=O)N[C@H](C(=O)NC(C)C)C(C)(C)C)C(C)(C)C)C[C@@H]21. The van der Waals surface area contributed by atoms with Crippen molar-refractivity contribution >= 4 is 29.5 Å². The zero-order chi connectivity index (χ0) is 34.2. The van der Waals surface area contributed by atoms with Crippen molar-refractivity contribution in [3.8, 4) is 0 Å². The van der Waals surface area contributed by atoms with Crippen LogP contribution in [0.2, 0.25) is 0 Å². The molecule has 0 radical (unpaired) electrons. The van der Waals surface area contributed by atoms with Gasteiger partial charge in [0, 0.05) is 12.6 Å². The van der Waals surface area contributed by atoms with Gasteiger partial charge in [-0.3, -0.25) is 24.5 Å². The van der Waals surface area contributed by atoms with E-state index in [0.717, 1.165) is 25.7 Å². The Morgan fingerprint density at radius 2 is 1.51 bits per heavy atom. The van der Waals surface area contributed by atoms with Crippen LogP contribution in [-0.2, 0) is 19.2 Å². The fraction of sp³-hybridized carbons (Fsp3) is 0.848. The van der Waals surface area contributed by atoms with Gasteiger partial charge < -0.3 is 31.7 Å². The van der Waals surface area contributed by atoms with E-state index in [1.165, 1.54) is 0 Å². The molecular weight excluding hydrogens is 576 g/mol. The predicted octanol–water partition coefficient (Wildman–Crippen LogP) is 2.03. The molecule has 2 aliphatic carbocycles. The quantitative estimate of drug-likeness (QED) is 0.132. The maximum absolute atomic E-state index is 14.4. The van der Waals surface area contributed by atoms with Crippen LogP contribution in [0.3, 0.4) is 0 Å². The zero-order valence-electron chi connectivity index (χ0n) is 29.0. The van der Waals surface area contributed by atoms with E-state index < -0.39 is 58.9 Å². The highest BCUT2D eigenvalue weighted by atomic mass is 16.3. The third kappa shape index (κ3) is 8.17. The van der Waals surface area contributed by atoms with E-state index in [4.69, 9.17) is 5.73 Å². The lowest BCUT2D eigenvalue weighted by atomic mass is 9.80. The number of rotatable bonds is 13. The molecule has 2 saturated carbocycles. The number of nitrogens with zero attached hydrogens (tertiary/aromatic N) is 1. The number of aliphatic hydroxyl groups is 1. The van der Waals surface area contributed by atoms with Gasteiger partial charge in [0.15, 0.2) is 0 Å². The van der Waals surface area contributed by atoms with Crippen LogP contribution in [-0.4, -0.2) is 82.5 Å². The number of hydrogen-bond acceptors (Lipinski definition) is 7. The second-order valence-electron chi connectivity index (χ2n) is 16.3. The van der Waals surface area contributed by atoms with Crippen molar-refractivity contribution < 1.29 is 29.1 Å². The summed E-state index contributed by atoms with van der Waals surface area (Å²) in [6.07, 6.45) is 2.92. The topological polar surface area (TPSA) is 183 Å². The van der Waals surface area contributed by atoms with E-state index in [-0.39, 0.29) is 41.0 Å². The Kier molecular flexibility index (Phi) is 11.1. The highest BCUT2D eigenvalue weighted by Gasteiger charge is 2.70. The molecule has 0 bridgehead atoms. The number of amides is 5. The van der Waals surface area contributed by atoms with Crippen molar-refractivity contribution in [3.63, 3.8) is 0 Å². The molecule has 0 spiro atoms. The smallest absolute Gasteiger partial charge is 0.316 e. The molecular formula is C33H58N6O6. The Balaban J connectivity index is 1.85.